The van der Waals surface area contributed by atoms with Gasteiger partial charge in [-0.15, -0.1) is 0 Å². The van der Waals surface area contributed by atoms with E-state index >= 15 is 0 Å². The molecule has 0 radical (unpaired) electrons. The second-order valence-corrected chi connectivity index (χ2v) is 11.7. The smallest absolute Gasteiger partial charge is 0.146 e. The molecule has 0 saturated heterocycles. The highest BCUT2D eigenvalue weighted by molar-refractivity contribution is 6.04. The summed E-state index contributed by atoms with van der Waals surface area (Å²) in [5.74, 6) is 5.07. The van der Waals surface area contributed by atoms with E-state index in [0.29, 0.717) is 23.4 Å². The van der Waals surface area contributed by atoms with Crippen LogP contribution in [-0.2, 0) is 9.59 Å². The Hall–Kier alpha value is -0.660. The minimum Gasteiger partial charge on any atom is -0.299 e. The molecule has 2 unspecified atom stereocenters. The predicted octanol–water partition coefficient (Wildman–Crippen LogP) is 5.58. The first-order chi connectivity index (χ1) is 12.4. The summed E-state index contributed by atoms with van der Waals surface area (Å²) in [5, 5.41) is 0. The van der Waals surface area contributed by atoms with Gasteiger partial charge in [0.05, 0.1) is 6.42 Å². The van der Waals surface area contributed by atoms with E-state index in [1.54, 1.807) is 0 Å². The average Bonchev–Trinajstić information content (AvgIpc) is 2.51. The molecular weight excluding hydrogens is 320 g/mol. The minimum atomic E-state index is -0.155. The van der Waals surface area contributed by atoms with Gasteiger partial charge in [-0.1, -0.05) is 13.8 Å². The Morgan fingerprint density at radius 1 is 0.615 bits per heavy atom. The summed E-state index contributed by atoms with van der Waals surface area (Å²) in [7, 11) is 0. The van der Waals surface area contributed by atoms with Crippen molar-refractivity contribution in [3.05, 3.63) is 0 Å². The molecule has 6 rings (SSSR count). The van der Waals surface area contributed by atoms with Crippen molar-refractivity contribution in [2.75, 3.05) is 0 Å². The minimum absolute atomic E-state index is 0.0962. The van der Waals surface area contributed by atoms with Gasteiger partial charge in [0.1, 0.15) is 11.6 Å². The monoisotopic (exact) mass is 356 g/mol. The molecule has 6 aliphatic carbocycles. The zero-order valence-corrected chi connectivity index (χ0v) is 16.8. The predicted molar refractivity (Wildman–Crippen MR) is 103 cm³/mol. The Morgan fingerprint density at radius 2 is 0.962 bits per heavy atom. The lowest BCUT2D eigenvalue weighted by molar-refractivity contribution is -0.151. The fourth-order valence-electron chi connectivity index (χ4n) is 9.02. The van der Waals surface area contributed by atoms with Gasteiger partial charge in [-0.05, 0) is 106 Å². The first-order valence-corrected chi connectivity index (χ1v) is 11.4. The molecule has 0 heterocycles. The number of hydrogen-bond acceptors (Lipinski definition) is 2. The summed E-state index contributed by atoms with van der Waals surface area (Å²) in [4.78, 5) is 27.0. The van der Waals surface area contributed by atoms with Crippen molar-refractivity contribution in [2.24, 2.45) is 46.3 Å². The fourth-order valence-corrected chi connectivity index (χ4v) is 9.02. The van der Waals surface area contributed by atoms with E-state index in [4.69, 9.17) is 0 Å². The lowest BCUT2D eigenvalue weighted by Crippen LogP contribution is -2.51. The Balaban J connectivity index is 1.34. The summed E-state index contributed by atoms with van der Waals surface area (Å²) in [5.41, 5.74) is -0.251. The summed E-state index contributed by atoms with van der Waals surface area (Å²) in [6, 6.07) is 0. The summed E-state index contributed by atoms with van der Waals surface area (Å²) < 4.78 is 0. The largest absolute Gasteiger partial charge is 0.299 e. The van der Waals surface area contributed by atoms with E-state index in [-0.39, 0.29) is 17.3 Å². The second kappa shape index (κ2) is 5.92. The Morgan fingerprint density at radius 3 is 1.38 bits per heavy atom. The van der Waals surface area contributed by atoms with Crippen LogP contribution in [0.1, 0.15) is 90.9 Å². The number of carbonyl (C=O) groups is 2. The maximum Gasteiger partial charge on any atom is 0.146 e. The van der Waals surface area contributed by atoms with Crippen molar-refractivity contribution in [3.63, 3.8) is 0 Å². The number of carbonyl (C=O) groups excluding carboxylic acids is 2. The van der Waals surface area contributed by atoms with Gasteiger partial charge in [0, 0.05) is 10.8 Å². The van der Waals surface area contributed by atoms with Crippen molar-refractivity contribution in [3.8, 4) is 0 Å². The van der Waals surface area contributed by atoms with Crippen LogP contribution in [-0.4, -0.2) is 11.6 Å². The molecule has 0 aromatic heterocycles. The Bertz CT molecular complexity index is 563. The van der Waals surface area contributed by atoms with Crippen molar-refractivity contribution in [1.82, 2.24) is 0 Å². The van der Waals surface area contributed by atoms with Gasteiger partial charge in [-0.25, -0.2) is 0 Å². The van der Waals surface area contributed by atoms with Crippen LogP contribution < -0.4 is 0 Å². The van der Waals surface area contributed by atoms with Gasteiger partial charge >= 0.3 is 0 Å². The molecule has 26 heavy (non-hydrogen) atoms. The molecule has 0 aliphatic heterocycles. The van der Waals surface area contributed by atoms with Gasteiger partial charge in [-0.2, -0.15) is 0 Å². The third-order valence-corrected chi connectivity index (χ3v) is 9.17. The maximum absolute atomic E-state index is 13.5. The van der Waals surface area contributed by atoms with E-state index < -0.39 is 0 Å². The molecule has 0 N–H and O–H groups in total. The first kappa shape index (κ1) is 17.4. The lowest BCUT2D eigenvalue weighted by Gasteiger charge is -2.56. The molecule has 6 aliphatic rings. The molecule has 0 spiro atoms. The Labute approximate surface area is 158 Å². The van der Waals surface area contributed by atoms with Crippen LogP contribution in [0.2, 0.25) is 0 Å². The van der Waals surface area contributed by atoms with Gasteiger partial charge in [-0.3, -0.25) is 9.59 Å². The zero-order valence-electron chi connectivity index (χ0n) is 16.8. The number of Topliss-reactive ketones (excluding diaryl/α,β-unsaturated/α-hetero) is 2. The van der Waals surface area contributed by atoms with Gasteiger partial charge in [0.25, 0.3) is 0 Å². The number of ketones is 2. The van der Waals surface area contributed by atoms with Crippen molar-refractivity contribution >= 4 is 11.6 Å². The van der Waals surface area contributed by atoms with Crippen LogP contribution in [0, 0.1) is 46.3 Å². The van der Waals surface area contributed by atoms with Crippen LogP contribution in [0.3, 0.4) is 0 Å². The molecule has 0 aromatic rings. The normalized spacial score (nSPS) is 52.1. The third kappa shape index (κ3) is 2.73. The van der Waals surface area contributed by atoms with Crippen molar-refractivity contribution < 1.29 is 9.59 Å². The van der Waals surface area contributed by atoms with Gasteiger partial charge in [0.15, 0.2) is 0 Å². The van der Waals surface area contributed by atoms with E-state index in [2.05, 4.69) is 13.8 Å². The topological polar surface area (TPSA) is 34.1 Å². The van der Waals surface area contributed by atoms with Gasteiger partial charge < -0.3 is 0 Å². The van der Waals surface area contributed by atoms with Gasteiger partial charge in [0.2, 0.25) is 0 Å². The Kier molecular flexibility index (Phi) is 3.97. The quantitative estimate of drug-likeness (QED) is 0.616. The fraction of sp³-hybridized carbons (Fsp3) is 0.917. The molecule has 6 fully saturated rings. The molecule has 6 bridgehead atoms. The molecule has 2 nitrogen and oxygen atoms in total. The molecule has 2 heteroatoms. The molecule has 6 saturated carbocycles. The van der Waals surface area contributed by atoms with Crippen molar-refractivity contribution in [2.45, 2.75) is 90.9 Å². The SMILES string of the molecule is CC1CC2CC(C)CC(C(=O)CC(=O)C34CC5CC(CC(C5)C3)C4)(C1)C2. The standard InChI is InChI=1S/C24H36O2/c1-15-3-17-4-16(2)10-23(9-15,11-17)21(25)8-22(26)24-12-18-5-19(13-24)7-20(6-18)14-24/h15-20H,3-14H2,1-2H3. The number of fused-ring (bicyclic) bond motifs is 2. The molecule has 144 valence electrons. The molecular formula is C24H36O2. The van der Waals surface area contributed by atoms with E-state index in [1.807, 2.05) is 0 Å². The van der Waals surface area contributed by atoms with Crippen molar-refractivity contribution in [1.29, 1.82) is 0 Å². The highest BCUT2D eigenvalue weighted by Gasteiger charge is 2.56. The number of rotatable bonds is 4. The highest BCUT2D eigenvalue weighted by atomic mass is 16.2. The van der Waals surface area contributed by atoms with Crippen LogP contribution >= 0.6 is 0 Å². The third-order valence-electron chi connectivity index (χ3n) is 9.17. The molecule has 2 atom stereocenters. The van der Waals surface area contributed by atoms with Crippen LogP contribution in [0.25, 0.3) is 0 Å². The molecule has 0 amide bonds. The zero-order chi connectivity index (χ0) is 18.1. The summed E-state index contributed by atoms with van der Waals surface area (Å²) in [6.45, 7) is 4.65. The summed E-state index contributed by atoms with van der Waals surface area (Å²) in [6.07, 6.45) is 13.4. The van der Waals surface area contributed by atoms with Crippen LogP contribution in [0.5, 0.6) is 0 Å². The second-order valence-electron chi connectivity index (χ2n) is 11.7. The van der Waals surface area contributed by atoms with Crippen LogP contribution in [0.4, 0.5) is 0 Å². The molecule has 0 aromatic carbocycles. The highest BCUT2D eigenvalue weighted by Crippen LogP contribution is 2.61. The first-order valence-electron chi connectivity index (χ1n) is 11.4. The van der Waals surface area contributed by atoms with E-state index in [0.717, 1.165) is 62.2 Å². The lowest BCUT2D eigenvalue weighted by atomic mass is 9.48. The van der Waals surface area contributed by atoms with E-state index in [9.17, 15) is 9.59 Å². The van der Waals surface area contributed by atoms with E-state index in [1.165, 1.54) is 32.1 Å². The average molecular weight is 357 g/mol. The summed E-state index contributed by atoms with van der Waals surface area (Å²) >= 11 is 0. The number of hydrogen-bond donors (Lipinski definition) is 0. The maximum atomic E-state index is 13.5. The van der Waals surface area contributed by atoms with Crippen LogP contribution in [0.15, 0.2) is 0 Å².